The van der Waals surface area contributed by atoms with Gasteiger partial charge in [-0.25, -0.2) is 9.07 Å². The van der Waals surface area contributed by atoms with Crippen LogP contribution in [0.3, 0.4) is 0 Å². The summed E-state index contributed by atoms with van der Waals surface area (Å²) in [5, 5.41) is 10.6. The SMILES string of the molecule is Cc1ccc([C@@H]2C=C(c3ccccc3)Nc3nc(NC(=O)c4ccc(F)cc4)nn32)cc1. The third-order valence-corrected chi connectivity index (χ3v) is 5.30. The summed E-state index contributed by atoms with van der Waals surface area (Å²) in [5.41, 5.74) is 4.47. The van der Waals surface area contributed by atoms with Crippen LogP contribution in [0.4, 0.5) is 16.3 Å². The average molecular weight is 425 g/mol. The van der Waals surface area contributed by atoms with Crippen molar-refractivity contribution in [1.82, 2.24) is 14.8 Å². The lowest BCUT2D eigenvalue weighted by atomic mass is 10.0. The number of hydrogen-bond donors (Lipinski definition) is 2. The highest BCUT2D eigenvalue weighted by Gasteiger charge is 2.26. The van der Waals surface area contributed by atoms with Crippen molar-refractivity contribution in [2.45, 2.75) is 13.0 Å². The van der Waals surface area contributed by atoms with Gasteiger partial charge in [0.25, 0.3) is 11.9 Å². The van der Waals surface area contributed by atoms with Crippen molar-refractivity contribution < 1.29 is 9.18 Å². The molecule has 0 saturated carbocycles. The second-order valence-corrected chi connectivity index (χ2v) is 7.59. The minimum Gasteiger partial charge on any atom is -0.324 e. The zero-order valence-corrected chi connectivity index (χ0v) is 17.3. The van der Waals surface area contributed by atoms with E-state index in [-0.39, 0.29) is 12.0 Å². The number of benzene rings is 3. The normalized spacial score (nSPS) is 14.8. The lowest BCUT2D eigenvalue weighted by molar-refractivity contribution is 0.102. The predicted molar refractivity (Wildman–Crippen MR) is 122 cm³/mol. The molecule has 2 heterocycles. The Morgan fingerprint density at radius 1 is 1.00 bits per heavy atom. The Balaban J connectivity index is 1.50. The second-order valence-electron chi connectivity index (χ2n) is 7.59. The Kier molecular flexibility index (Phi) is 4.99. The van der Waals surface area contributed by atoms with Gasteiger partial charge in [-0.2, -0.15) is 4.98 Å². The Morgan fingerprint density at radius 3 is 2.44 bits per heavy atom. The number of aromatic nitrogens is 3. The first-order valence-corrected chi connectivity index (χ1v) is 10.2. The maximum atomic E-state index is 13.2. The molecule has 0 saturated heterocycles. The number of nitrogens with zero attached hydrogens (tertiary/aromatic N) is 3. The van der Waals surface area contributed by atoms with E-state index < -0.39 is 11.7 Å². The first-order chi connectivity index (χ1) is 15.6. The van der Waals surface area contributed by atoms with E-state index in [1.54, 1.807) is 4.68 Å². The van der Waals surface area contributed by atoms with E-state index in [1.807, 2.05) is 37.3 Å². The molecule has 2 N–H and O–H groups in total. The second kappa shape index (κ2) is 8.11. The number of fused-ring (bicyclic) bond motifs is 1. The number of amides is 1. The number of halogens is 1. The van der Waals surface area contributed by atoms with Crippen LogP contribution in [0.5, 0.6) is 0 Å². The molecule has 0 bridgehead atoms. The first kappa shape index (κ1) is 19.7. The lowest BCUT2D eigenvalue weighted by Gasteiger charge is -2.24. The van der Waals surface area contributed by atoms with Gasteiger partial charge in [0.05, 0.1) is 0 Å². The van der Waals surface area contributed by atoms with Gasteiger partial charge < -0.3 is 5.32 Å². The molecule has 1 atom stereocenters. The molecule has 0 radical (unpaired) electrons. The highest BCUT2D eigenvalue weighted by atomic mass is 19.1. The number of hydrogen-bond acceptors (Lipinski definition) is 4. The Labute approximate surface area is 184 Å². The van der Waals surface area contributed by atoms with Crippen molar-refractivity contribution in [3.63, 3.8) is 0 Å². The molecule has 32 heavy (non-hydrogen) atoms. The number of anilines is 2. The van der Waals surface area contributed by atoms with Gasteiger partial charge in [0.1, 0.15) is 11.9 Å². The summed E-state index contributed by atoms with van der Waals surface area (Å²) in [5.74, 6) is -0.120. The molecule has 7 heteroatoms. The van der Waals surface area contributed by atoms with Gasteiger partial charge in [-0.05, 0) is 48.4 Å². The summed E-state index contributed by atoms with van der Waals surface area (Å²) in [6.07, 6.45) is 2.09. The van der Waals surface area contributed by atoms with E-state index in [9.17, 15) is 9.18 Å². The van der Waals surface area contributed by atoms with Crippen molar-refractivity contribution in [3.05, 3.63) is 113 Å². The summed E-state index contributed by atoms with van der Waals surface area (Å²) < 4.78 is 14.9. The fourth-order valence-corrected chi connectivity index (χ4v) is 3.61. The number of nitrogens with one attached hydrogen (secondary N) is 2. The van der Waals surface area contributed by atoms with Crippen molar-refractivity contribution in [2.75, 3.05) is 10.6 Å². The van der Waals surface area contributed by atoms with Crippen LogP contribution < -0.4 is 10.6 Å². The quantitative estimate of drug-likeness (QED) is 0.481. The van der Waals surface area contributed by atoms with Gasteiger partial charge in [-0.15, -0.1) is 5.10 Å². The zero-order valence-electron chi connectivity index (χ0n) is 17.3. The molecule has 4 aromatic rings. The van der Waals surface area contributed by atoms with Crippen LogP contribution in [-0.2, 0) is 0 Å². The molecular formula is C25H20FN5O. The predicted octanol–water partition coefficient (Wildman–Crippen LogP) is 5.03. The van der Waals surface area contributed by atoms with E-state index in [0.717, 1.165) is 16.8 Å². The number of carbonyl (C=O) groups excluding carboxylic acids is 1. The minimum atomic E-state index is -0.406. The van der Waals surface area contributed by atoms with Crippen LogP contribution >= 0.6 is 0 Å². The van der Waals surface area contributed by atoms with Gasteiger partial charge in [0.15, 0.2) is 0 Å². The highest BCUT2D eigenvalue weighted by Crippen LogP contribution is 2.33. The molecule has 0 fully saturated rings. The maximum Gasteiger partial charge on any atom is 0.258 e. The lowest BCUT2D eigenvalue weighted by Crippen LogP contribution is -2.20. The summed E-state index contributed by atoms with van der Waals surface area (Å²) >= 11 is 0. The monoisotopic (exact) mass is 425 g/mol. The fourth-order valence-electron chi connectivity index (χ4n) is 3.61. The zero-order chi connectivity index (χ0) is 22.1. The molecule has 6 nitrogen and oxygen atoms in total. The highest BCUT2D eigenvalue weighted by molar-refractivity contribution is 6.03. The molecule has 0 aliphatic carbocycles. The van der Waals surface area contributed by atoms with E-state index in [0.29, 0.717) is 11.5 Å². The molecule has 0 spiro atoms. The first-order valence-electron chi connectivity index (χ1n) is 10.2. The van der Waals surface area contributed by atoms with Crippen molar-refractivity contribution in [2.24, 2.45) is 0 Å². The summed E-state index contributed by atoms with van der Waals surface area (Å²) in [6, 6.07) is 23.3. The van der Waals surface area contributed by atoms with Gasteiger partial charge in [-0.1, -0.05) is 60.2 Å². The van der Waals surface area contributed by atoms with Crippen LogP contribution in [0.15, 0.2) is 84.9 Å². The Morgan fingerprint density at radius 2 is 1.72 bits per heavy atom. The van der Waals surface area contributed by atoms with E-state index in [1.165, 1.54) is 29.8 Å². The average Bonchev–Trinajstić information content (AvgIpc) is 3.22. The van der Waals surface area contributed by atoms with Crippen molar-refractivity contribution >= 4 is 23.5 Å². The molecule has 1 aromatic heterocycles. The van der Waals surface area contributed by atoms with Crippen molar-refractivity contribution in [1.29, 1.82) is 0 Å². The van der Waals surface area contributed by atoms with Crippen LogP contribution in [0, 0.1) is 12.7 Å². The van der Waals surface area contributed by atoms with Gasteiger partial charge in [-0.3, -0.25) is 10.1 Å². The molecule has 158 valence electrons. The molecule has 1 amide bonds. The topological polar surface area (TPSA) is 71.8 Å². The number of rotatable bonds is 4. The van der Waals surface area contributed by atoms with Crippen LogP contribution in [0.1, 0.15) is 33.1 Å². The van der Waals surface area contributed by atoms with Crippen molar-refractivity contribution in [3.8, 4) is 0 Å². The van der Waals surface area contributed by atoms with Gasteiger partial charge >= 0.3 is 0 Å². The van der Waals surface area contributed by atoms with E-state index in [2.05, 4.69) is 51.1 Å². The Bertz CT molecular complexity index is 1290. The summed E-state index contributed by atoms with van der Waals surface area (Å²) in [6.45, 7) is 2.04. The Hall–Kier alpha value is -4.26. The molecule has 1 aliphatic rings. The third-order valence-electron chi connectivity index (χ3n) is 5.30. The molecule has 5 rings (SSSR count). The van der Waals surface area contributed by atoms with Gasteiger partial charge in [0, 0.05) is 11.3 Å². The smallest absolute Gasteiger partial charge is 0.258 e. The number of aryl methyl sites for hydroxylation is 1. The fraction of sp³-hybridized carbons (Fsp3) is 0.0800. The number of allylic oxidation sites excluding steroid dienone is 1. The largest absolute Gasteiger partial charge is 0.324 e. The molecule has 1 aliphatic heterocycles. The molecular weight excluding hydrogens is 405 g/mol. The van der Waals surface area contributed by atoms with Crippen LogP contribution in [0.25, 0.3) is 5.70 Å². The molecule has 0 unspecified atom stereocenters. The van der Waals surface area contributed by atoms with Gasteiger partial charge in [0.2, 0.25) is 5.95 Å². The summed E-state index contributed by atoms with van der Waals surface area (Å²) in [7, 11) is 0. The summed E-state index contributed by atoms with van der Waals surface area (Å²) in [4.78, 5) is 17.1. The molecule has 3 aromatic carbocycles. The van der Waals surface area contributed by atoms with Crippen LogP contribution in [-0.4, -0.2) is 20.7 Å². The standard InChI is InChI=1S/C25H20FN5O/c1-16-7-9-18(10-8-16)22-15-21(17-5-3-2-4-6-17)27-25-29-24(30-31(22)25)28-23(32)19-11-13-20(26)14-12-19/h2-15,22H,1H3,(H2,27,28,29,30,32)/t22-/m0/s1. The minimum absolute atomic E-state index is 0.168. The van der Waals surface area contributed by atoms with E-state index >= 15 is 0 Å². The third kappa shape index (κ3) is 3.88. The van der Waals surface area contributed by atoms with E-state index in [4.69, 9.17) is 0 Å². The van der Waals surface area contributed by atoms with Crippen LogP contribution in [0.2, 0.25) is 0 Å². The number of carbonyl (C=O) groups is 1. The maximum absolute atomic E-state index is 13.2.